The van der Waals surface area contributed by atoms with E-state index in [0.29, 0.717) is 31.0 Å². The molecule has 0 atom stereocenters. The molecule has 2 aliphatic heterocycles. The summed E-state index contributed by atoms with van der Waals surface area (Å²) in [6, 6.07) is 7.84. The molecule has 172 valence electrons. The predicted molar refractivity (Wildman–Crippen MR) is 121 cm³/mol. The lowest BCUT2D eigenvalue weighted by Gasteiger charge is -2.32. The van der Waals surface area contributed by atoms with E-state index in [0.717, 1.165) is 45.0 Å². The zero-order valence-corrected chi connectivity index (χ0v) is 18.9. The maximum Gasteiger partial charge on any atom is 0.339 e. The normalized spacial score (nSPS) is 14.2. The number of esters is 1. The monoisotopic (exact) mass is 451 g/mol. The molecule has 0 saturated carbocycles. The Morgan fingerprint density at radius 1 is 1.09 bits per heavy atom. The lowest BCUT2D eigenvalue weighted by molar-refractivity contribution is -0.143. The van der Waals surface area contributed by atoms with Crippen molar-refractivity contribution >= 4 is 22.6 Å². The Labute approximate surface area is 190 Å². The van der Waals surface area contributed by atoms with Crippen LogP contribution in [0.4, 0.5) is 5.69 Å². The van der Waals surface area contributed by atoms with Crippen molar-refractivity contribution in [2.75, 3.05) is 25.0 Å². The highest BCUT2D eigenvalue weighted by atomic mass is 16.7. The summed E-state index contributed by atoms with van der Waals surface area (Å²) < 4.78 is 27.7. The molecular formula is C25H25NO7. The van der Waals surface area contributed by atoms with Crippen LogP contribution in [-0.4, -0.2) is 26.1 Å². The van der Waals surface area contributed by atoms with Gasteiger partial charge in [-0.15, -0.1) is 0 Å². The Kier molecular flexibility index (Phi) is 5.36. The molecule has 8 nitrogen and oxygen atoms in total. The fraction of sp³-hybridized carbons (Fsp3) is 0.360. The number of carbonyl (C=O) groups is 1. The number of rotatable bonds is 5. The SMILES string of the molecule is CCOC(=O)CCc1c(C)c2cc3c(c(C)c2oc1=O)OCN(c1ccc2c(c1)OCO2)C3. The Hall–Kier alpha value is -3.68. The van der Waals surface area contributed by atoms with E-state index in [-0.39, 0.29) is 25.6 Å². The summed E-state index contributed by atoms with van der Waals surface area (Å²) in [6.45, 7) is 7.08. The van der Waals surface area contributed by atoms with E-state index in [1.807, 2.05) is 38.1 Å². The summed E-state index contributed by atoms with van der Waals surface area (Å²) in [4.78, 5) is 26.6. The van der Waals surface area contributed by atoms with Gasteiger partial charge < -0.3 is 28.3 Å². The third kappa shape index (κ3) is 3.75. The van der Waals surface area contributed by atoms with Crippen LogP contribution >= 0.6 is 0 Å². The minimum atomic E-state index is -0.426. The number of fused-ring (bicyclic) bond motifs is 3. The minimum absolute atomic E-state index is 0.135. The van der Waals surface area contributed by atoms with Crippen LogP contribution in [0.2, 0.25) is 0 Å². The van der Waals surface area contributed by atoms with E-state index >= 15 is 0 Å². The molecule has 3 heterocycles. The van der Waals surface area contributed by atoms with Crippen LogP contribution in [0.25, 0.3) is 11.0 Å². The van der Waals surface area contributed by atoms with E-state index in [9.17, 15) is 9.59 Å². The molecule has 3 aromatic rings. The lowest BCUT2D eigenvalue weighted by atomic mass is 9.97. The largest absolute Gasteiger partial charge is 0.472 e. The van der Waals surface area contributed by atoms with E-state index in [1.54, 1.807) is 6.92 Å². The number of anilines is 1. The van der Waals surface area contributed by atoms with Gasteiger partial charge in [0.25, 0.3) is 0 Å². The molecule has 1 aromatic heterocycles. The van der Waals surface area contributed by atoms with Gasteiger partial charge in [0.2, 0.25) is 6.79 Å². The number of aryl methyl sites for hydroxylation is 2. The van der Waals surface area contributed by atoms with Crippen LogP contribution in [0.3, 0.4) is 0 Å². The van der Waals surface area contributed by atoms with Crippen LogP contribution in [0.15, 0.2) is 33.5 Å². The summed E-state index contributed by atoms with van der Waals surface area (Å²) in [5, 5.41) is 0.848. The lowest BCUT2D eigenvalue weighted by Crippen LogP contribution is -2.32. The molecule has 0 saturated heterocycles. The molecule has 0 N–H and O–H groups in total. The van der Waals surface area contributed by atoms with Gasteiger partial charge >= 0.3 is 11.6 Å². The van der Waals surface area contributed by atoms with Crippen molar-refractivity contribution < 1.29 is 28.2 Å². The average Bonchev–Trinajstić information content (AvgIpc) is 3.28. The summed E-state index contributed by atoms with van der Waals surface area (Å²) in [5.41, 5.74) is 4.17. The van der Waals surface area contributed by atoms with E-state index in [2.05, 4.69) is 4.90 Å². The first-order valence-corrected chi connectivity index (χ1v) is 11.0. The van der Waals surface area contributed by atoms with Crippen molar-refractivity contribution in [3.05, 3.63) is 56.9 Å². The van der Waals surface area contributed by atoms with Gasteiger partial charge in [0.05, 0.1) is 6.61 Å². The molecular weight excluding hydrogens is 426 g/mol. The summed E-state index contributed by atoms with van der Waals surface area (Å²) in [7, 11) is 0. The van der Waals surface area contributed by atoms with Gasteiger partial charge in [-0.05, 0) is 51.0 Å². The van der Waals surface area contributed by atoms with Crippen molar-refractivity contribution in [2.45, 2.75) is 40.2 Å². The second kappa shape index (κ2) is 8.35. The predicted octanol–water partition coefficient (Wildman–Crippen LogP) is 3.99. The van der Waals surface area contributed by atoms with Crippen molar-refractivity contribution in [1.82, 2.24) is 0 Å². The molecule has 0 radical (unpaired) electrons. The highest BCUT2D eigenvalue weighted by Gasteiger charge is 2.25. The average molecular weight is 451 g/mol. The van der Waals surface area contributed by atoms with Gasteiger partial charge in [-0.1, -0.05) is 0 Å². The molecule has 5 rings (SSSR count). The van der Waals surface area contributed by atoms with Gasteiger partial charge in [-0.25, -0.2) is 4.79 Å². The molecule has 8 heteroatoms. The van der Waals surface area contributed by atoms with Gasteiger partial charge in [-0.2, -0.15) is 0 Å². The number of hydrogen-bond donors (Lipinski definition) is 0. The maximum absolute atomic E-state index is 12.7. The Bertz CT molecular complexity index is 1310. The van der Waals surface area contributed by atoms with Gasteiger partial charge in [0.15, 0.2) is 18.2 Å². The van der Waals surface area contributed by atoms with Gasteiger partial charge in [0.1, 0.15) is 11.3 Å². The number of nitrogens with zero attached hydrogens (tertiary/aromatic N) is 1. The quantitative estimate of drug-likeness (QED) is 0.425. The molecule has 33 heavy (non-hydrogen) atoms. The number of benzene rings is 2. The van der Waals surface area contributed by atoms with Gasteiger partial charge in [0, 0.05) is 46.8 Å². The molecule has 0 bridgehead atoms. The van der Waals surface area contributed by atoms with E-state index < -0.39 is 5.63 Å². The zero-order valence-electron chi connectivity index (χ0n) is 18.9. The first-order chi connectivity index (χ1) is 16.0. The maximum atomic E-state index is 12.7. The van der Waals surface area contributed by atoms with Crippen molar-refractivity contribution in [3.63, 3.8) is 0 Å². The third-order valence-corrected chi connectivity index (χ3v) is 6.17. The van der Waals surface area contributed by atoms with Crippen molar-refractivity contribution in [1.29, 1.82) is 0 Å². The van der Waals surface area contributed by atoms with Crippen LogP contribution in [0.1, 0.15) is 35.6 Å². The number of carbonyl (C=O) groups excluding carboxylic acids is 1. The second-order valence-electron chi connectivity index (χ2n) is 8.17. The molecule has 2 aromatic carbocycles. The number of ether oxygens (including phenoxy) is 4. The van der Waals surface area contributed by atoms with Crippen LogP contribution in [0, 0.1) is 13.8 Å². The van der Waals surface area contributed by atoms with Gasteiger partial charge in [-0.3, -0.25) is 4.79 Å². The number of hydrogen-bond acceptors (Lipinski definition) is 8. The fourth-order valence-corrected chi connectivity index (χ4v) is 4.44. The molecule has 0 spiro atoms. The highest BCUT2D eigenvalue weighted by Crippen LogP contribution is 2.40. The van der Waals surface area contributed by atoms with E-state index in [1.165, 1.54) is 0 Å². The summed E-state index contributed by atoms with van der Waals surface area (Å²) >= 11 is 0. The second-order valence-corrected chi connectivity index (χ2v) is 8.17. The van der Waals surface area contributed by atoms with Crippen molar-refractivity contribution in [2.24, 2.45) is 0 Å². The first-order valence-electron chi connectivity index (χ1n) is 11.0. The smallest absolute Gasteiger partial charge is 0.339 e. The van der Waals surface area contributed by atoms with Crippen LogP contribution in [0.5, 0.6) is 17.2 Å². The Morgan fingerprint density at radius 3 is 2.73 bits per heavy atom. The Balaban J connectivity index is 1.49. The zero-order chi connectivity index (χ0) is 23.1. The van der Waals surface area contributed by atoms with Crippen molar-refractivity contribution in [3.8, 4) is 17.2 Å². The first kappa shape index (κ1) is 21.2. The molecule has 0 aliphatic carbocycles. The molecule has 0 amide bonds. The third-order valence-electron chi connectivity index (χ3n) is 6.17. The molecule has 0 unspecified atom stereocenters. The standard InChI is InChI=1S/C25H25NO7/c1-4-29-22(27)8-6-18-14(2)19-9-16-11-26(17-5-7-20-21(10-17)32-13-31-20)12-30-23(16)15(3)24(19)33-25(18)28/h5,7,9-10H,4,6,8,11-13H2,1-3H3. The minimum Gasteiger partial charge on any atom is -0.472 e. The Morgan fingerprint density at radius 2 is 1.91 bits per heavy atom. The fourth-order valence-electron chi connectivity index (χ4n) is 4.44. The summed E-state index contributed by atoms with van der Waals surface area (Å²) in [5.74, 6) is 1.86. The van der Waals surface area contributed by atoms with Crippen LogP contribution < -0.4 is 24.7 Å². The summed E-state index contributed by atoms with van der Waals surface area (Å²) in [6.07, 6.45) is 0.411. The topological polar surface area (TPSA) is 87.4 Å². The van der Waals surface area contributed by atoms with Crippen LogP contribution in [-0.2, 0) is 22.5 Å². The van der Waals surface area contributed by atoms with E-state index in [4.69, 9.17) is 23.4 Å². The molecule has 2 aliphatic rings. The highest BCUT2D eigenvalue weighted by molar-refractivity contribution is 5.87. The molecule has 0 fully saturated rings.